The summed E-state index contributed by atoms with van der Waals surface area (Å²) in [5.41, 5.74) is 11.9. The van der Waals surface area contributed by atoms with E-state index in [1.165, 1.54) is 6.20 Å². The number of hydrogen-bond acceptors (Lipinski definition) is 5. The van der Waals surface area contributed by atoms with E-state index in [1.54, 1.807) is 13.0 Å². The third-order valence-corrected chi connectivity index (χ3v) is 3.53. The third kappa shape index (κ3) is 5.76. The van der Waals surface area contributed by atoms with E-state index in [1.807, 2.05) is 0 Å². The van der Waals surface area contributed by atoms with Crippen molar-refractivity contribution in [1.29, 1.82) is 0 Å². The van der Waals surface area contributed by atoms with Gasteiger partial charge >= 0.3 is 5.97 Å². The zero-order chi connectivity index (χ0) is 14.3. The van der Waals surface area contributed by atoms with Crippen molar-refractivity contribution in [2.45, 2.75) is 25.8 Å². The molecule has 6 heteroatoms. The molecule has 108 valence electrons. The first kappa shape index (κ1) is 16.2. The zero-order valence-corrected chi connectivity index (χ0v) is 12.9. The average Bonchev–Trinajstić information content (AvgIpc) is 2.40. The van der Waals surface area contributed by atoms with Gasteiger partial charge in [0.05, 0.1) is 12.2 Å². The maximum atomic E-state index is 11.9. The standard InChI is InChI=1S/C13H22BrN3O2/c1-2-19-13(18)10(7-11(14)8-15)9-17-5-3-12(16)4-6-17/h7-8,12H,2-6,9,15-16H2,1H3/b10-7+,11-8+. The molecule has 0 aromatic heterocycles. The lowest BCUT2D eigenvalue weighted by atomic mass is 10.1. The highest BCUT2D eigenvalue weighted by molar-refractivity contribution is 9.11. The summed E-state index contributed by atoms with van der Waals surface area (Å²) in [4.78, 5) is 14.1. The predicted octanol–water partition coefficient (Wildman–Crippen LogP) is 1.09. The number of ether oxygens (including phenoxy) is 1. The van der Waals surface area contributed by atoms with Gasteiger partial charge in [-0.15, -0.1) is 0 Å². The minimum atomic E-state index is -0.295. The highest BCUT2D eigenvalue weighted by atomic mass is 79.9. The molecule has 1 saturated heterocycles. The van der Waals surface area contributed by atoms with Crippen molar-refractivity contribution in [2.75, 3.05) is 26.2 Å². The number of hydrogen-bond donors (Lipinski definition) is 2. The number of piperidine rings is 1. The van der Waals surface area contributed by atoms with Gasteiger partial charge in [-0.2, -0.15) is 0 Å². The fourth-order valence-electron chi connectivity index (χ4n) is 1.96. The minimum absolute atomic E-state index is 0.280. The molecule has 0 saturated carbocycles. The van der Waals surface area contributed by atoms with Crippen LogP contribution in [0.4, 0.5) is 0 Å². The summed E-state index contributed by atoms with van der Waals surface area (Å²) in [5.74, 6) is -0.295. The van der Waals surface area contributed by atoms with Crippen molar-refractivity contribution >= 4 is 21.9 Å². The molecule has 0 amide bonds. The molecular formula is C13H22BrN3O2. The summed E-state index contributed by atoms with van der Waals surface area (Å²) < 4.78 is 5.74. The van der Waals surface area contributed by atoms with Gasteiger partial charge in [0.2, 0.25) is 0 Å². The number of halogens is 1. The molecule has 1 aliphatic rings. The molecule has 0 radical (unpaired) electrons. The number of esters is 1. The summed E-state index contributed by atoms with van der Waals surface area (Å²) in [6.45, 7) is 4.53. The smallest absolute Gasteiger partial charge is 0.335 e. The van der Waals surface area contributed by atoms with Crippen molar-refractivity contribution in [2.24, 2.45) is 11.5 Å². The number of carbonyl (C=O) groups excluding carboxylic acids is 1. The summed E-state index contributed by atoms with van der Waals surface area (Å²) in [5, 5.41) is 0. The summed E-state index contributed by atoms with van der Waals surface area (Å²) in [6, 6.07) is 0.280. The number of likely N-dealkylation sites (tertiary alicyclic amines) is 1. The Bertz CT molecular complexity index is 361. The molecule has 0 aromatic rings. The quantitative estimate of drug-likeness (QED) is 0.448. The van der Waals surface area contributed by atoms with Crippen molar-refractivity contribution in [3.8, 4) is 0 Å². The first-order valence-corrected chi connectivity index (χ1v) is 7.29. The second kappa shape index (κ2) is 8.35. The number of rotatable bonds is 5. The van der Waals surface area contributed by atoms with Gasteiger partial charge in [0, 0.05) is 23.3 Å². The Labute approximate surface area is 122 Å². The Kier molecular flexibility index (Phi) is 7.12. The summed E-state index contributed by atoms with van der Waals surface area (Å²) in [6.07, 6.45) is 5.05. The molecule has 0 aliphatic carbocycles. The Morgan fingerprint density at radius 2 is 2.11 bits per heavy atom. The Morgan fingerprint density at radius 1 is 1.47 bits per heavy atom. The Balaban J connectivity index is 2.69. The van der Waals surface area contributed by atoms with Crippen LogP contribution in [0.2, 0.25) is 0 Å². The van der Waals surface area contributed by atoms with Crippen LogP contribution in [0.1, 0.15) is 19.8 Å². The molecule has 4 N–H and O–H groups in total. The minimum Gasteiger partial charge on any atom is -0.463 e. The van der Waals surface area contributed by atoms with Gasteiger partial charge in [-0.25, -0.2) is 4.79 Å². The summed E-state index contributed by atoms with van der Waals surface area (Å²) in [7, 11) is 0. The van der Waals surface area contributed by atoms with Crippen LogP contribution >= 0.6 is 15.9 Å². The number of allylic oxidation sites excluding steroid dienone is 2. The number of nitrogens with zero attached hydrogens (tertiary/aromatic N) is 1. The van der Waals surface area contributed by atoms with Crippen molar-refractivity contribution in [3.05, 3.63) is 22.3 Å². The Morgan fingerprint density at radius 3 is 2.63 bits per heavy atom. The highest BCUT2D eigenvalue weighted by Gasteiger charge is 2.20. The zero-order valence-electron chi connectivity index (χ0n) is 11.3. The van der Waals surface area contributed by atoms with Crippen LogP contribution in [0, 0.1) is 0 Å². The van der Waals surface area contributed by atoms with E-state index in [0.29, 0.717) is 23.2 Å². The average molecular weight is 332 g/mol. The van der Waals surface area contributed by atoms with Gasteiger partial charge in [0.1, 0.15) is 0 Å². The summed E-state index contributed by atoms with van der Waals surface area (Å²) >= 11 is 3.28. The molecule has 0 spiro atoms. The molecule has 0 atom stereocenters. The lowest BCUT2D eigenvalue weighted by Crippen LogP contribution is -2.41. The molecule has 19 heavy (non-hydrogen) atoms. The van der Waals surface area contributed by atoms with Crippen molar-refractivity contribution in [1.82, 2.24) is 4.90 Å². The van der Waals surface area contributed by atoms with Crippen molar-refractivity contribution in [3.63, 3.8) is 0 Å². The van der Waals surface area contributed by atoms with E-state index in [-0.39, 0.29) is 12.0 Å². The second-order valence-electron chi connectivity index (χ2n) is 4.56. The van der Waals surface area contributed by atoms with E-state index in [4.69, 9.17) is 16.2 Å². The molecule has 0 unspecified atom stereocenters. The van der Waals surface area contributed by atoms with Crippen LogP contribution in [0.15, 0.2) is 22.3 Å². The number of carbonyl (C=O) groups is 1. The molecular weight excluding hydrogens is 310 g/mol. The maximum Gasteiger partial charge on any atom is 0.335 e. The van der Waals surface area contributed by atoms with Gasteiger partial charge in [-0.3, -0.25) is 4.90 Å². The molecule has 0 bridgehead atoms. The van der Waals surface area contributed by atoms with Crippen molar-refractivity contribution < 1.29 is 9.53 Å². The monoisotopic (exact) mass is 331 g/mol. The fourth-order valence-corrected chi connectivity index (χ4v) is 2.24. The van der Waals surface area contributed by atoms with Gasteiger partial charge in [0.25, 0.3) is 0 Å². The van der Waals surface area contributed by atoms with Gasteiger partial charge < -0.3 is 16.2 Å². The second-order valence-corrected chi connectivity index (χ2v) is 5.47. The van der Waals surface area contributed by atoms with Crippen LogP contribution in [0.3, 0.4) is 0 Å². The van der Waals surface area contributed by atoms with Gasteiger partial charge in [-0.1, -0.05) is 0 Å². The lowest BCUT2D eigenvalue weighted by Gasteiger charge is -2.30. The van der Waals surface area contributed by atoms with Crippen LogP contribution in [-0.4, -0.2) is 43.2 Å². The predicted molar refractivity (Wildman–Crippen MR) is 79.6 cm³/mol. The molecule has 5 nitrogen and oxygen atoms in total. The third-order valence-electron chi connectivity index (χ3n) is 3.04. The van der Waals surface area contributed by atoms with Gasteiger partial charge in [0.15, 0.2) is 0 Å². The molecule has 1 heterocycles. The SMILES string of the molecule is CCOC(=O)/C(=C/C(Br)=C\N)CN1CCC(N)CC1. The van der Waals surface area contributed by atoms with Gasteiger partial charge in [-0.05, 0) is 54.9 Å². The molecule has 1 fully saturated rings. The van der Waals surface area contributed by atoms with Crippen LogP contribution in [-0.2, 0) is 9.53 Å². The largest absolute Gasteiger partial charge is 0.463 e. The van der Waals surface area contributed by atoms with Crippen LogP contribution < -0.4 is 11.5 Å². The van der Waals surface area contributed by atoms with E-state index in [2.05, 4.69) is 20.8 Å². The van der Waals surface area contributed by atoms with E-state index in [0.717, 1.165) is 25.9 Å². The topological polar surface area (TPSA) is 81.6 Å². The first-order chi connectivity index (χ1) is 9.06. The molecule has 1 aliphatic heterocycles. The van der Waals surface area contributed by atoms with E-state index >= 15 is 0 Å². The van der Waals surface area contributed by atoms with Crippen LogP contribution in [0.5, 0.6) is 0 Å². The number of nitrogens with two attached hydrogens (primary N) is 2. The molecule has 0 aromatic carbocycles. The van der Waals surface area contributed by atoms with E-state index in [9.17, 15) is 4.79 Å². The Hall–Kier alpha value is -0.850. The first-order valence-electron chi connectivity index (χ1n) is 6.49. The van der Waals surface area contributed by atoms with Crippen LogP contribution in [0.25, 0.3) is 0 Å². The lowest BCUT2D eigenvalue weighted by molar-refractivity contribution is -0.138. The molecule has 1 rings (SSSR count). The highest BCUT2D eigenvalue weighted by Crippen LogP contribution is 2.15. The maximum absolute atomic E-state index is 11.9. The normalized spacial score (nSPS) is 19.5. The fraction of sp³-hybridized carbons (Fsp3) is 0.615. The van der Waals surface area contributed by atoms with E-state index < -0.39 is 0 Å².